The Bertz CT molecular complexity index is 870. The lowest BCUT2D eigenvalue weighted by Gasteiger charge is -2.22. The van der Waals surface area contributed by atoms with Gasteiger partial charge < -0.3 is 5.32 Å². The summed E-state index contributed by atoms with van der Waals surface area (Å²) in [5.74, 6) is 0.337. The van der Waals surface area contributed by atoms with E-state index in [-0.39, 0.29) is 5.91 Å². The number of amides is 1. The molecule has 2 N–H and O–H groups in total. The monoisotopic (exact) mass is 372 g/mol. The van der Waals surface area contributed by atoms with E-state index in [0.29, 0.717) is 22.9 Å². The molecule has 0 heterocycles. The summed E-state index contributed by atoms with van der Waals surface area (Å²) in [4.78, 5) is 12.5. The van der Waals surface area contributed by atoms with Crippen LogP contribution >= 0.6 is 0 Å². The van der Waals surface area contributed by atoms with E-state index in [9.17, 15) is 13.2 Å². The highest BCUT2D eigenvalue weighted by Gasteiger charge is 2.16. The molecule has 0 atom stereocenters. The number of hydrogen-bond acceptors (Lipinski definition) is 3. The first-order valence-corrected chi connectivity index (χ1v) is 10.8. The van der Waals surface area contributed by atoms with Crippen LogP contribution in [0, 0.1) is 0 Å². The number of nitrogens with one attached hydrogen (secondary N) is 2. The van der Waals surface area contributed by atoms with Gasteiger partial charge in [-0.2, -0.15) is 0 Å². The SMILES string of the molecule is CS(=O)(=O)Nc1ccccc1NC(=O)c1ccc(C2CCCCC2)cc1. The van der Waals surface area contributed by atoms with Crippen molar-refractivity contribution < 1.29 is 13.2 Å². The third-order valence-electron chi connectivity index (χ3n) is 4.72. The number of carbonyl (C=O) groups excluding carboxylic acids is 1. The van der Waals surface area contributed by atoms with Crippen molar-refractivity contribution >= 4 is 27.3 Å². The normalized spacial score (nSPS) is 15.4. The molecule has 2 aromatic rings. The topological polar surface area (TPSA) is 75.3 Å². The molecule has 0 unspecified atom stereocenters. The van der Waals surface area contributed by atoms with Crippen LogP contribution in [0.4, 0.5) is 11.4 Å². The number of rotatable bonds is 5. The van der Waals surface area contributed by atoms with E-state index in [4.69, 9.17) is 0 Å². The third kappa shape index (κ3) is 4.85. The fraction of sp³-hybridized carbons (Fsp3) is 0.350. The second-order valence-electron chi connectivity index (χ2n) is 6.83. The van der Waals surface area contributed by atoms with E-state index in [1.165, 1.54) is 37.7 Å². The first-order chi connectivity index (χ1) is 12.4. The van der Waals surface area contributed by atoms with Gasteiger partial charge in [0, 0.05) is 5.56 Å². The maximum absolute atomic E-state index is 12.5. The Balaban J connectivity index is 1.72. The minimum atomic E-state index is -3.42. The molecule has 0 radical (unpaired) electrons. The highest BCUT2D eigenvalue weighted by Crippen LogP contribution is 2.32. The molecule has 1 fully saturated rings. The molecule has 0 spiro atoms. The third-order valence-corrected chi connectivity index (χ3v) is 5.31. The van der Waals surface area contributed by atoms with Crippen LogP contribution in [0.3, 0.4) is 0 Å². The zero-order valence-corrected chi connectivity index (χ0v) is 15.7. The second-order valence-corrected chi connectivity index (χ2v) is 8.58. The highest BCUT2D eigenvalue weighted by atomic mass is 32.2. The second kappa shape index (κ2) is 7.91. The molecule has 0 aromatic heterocycles. The first-order valence-electron chi connectivity index (χ1n) is 8.90. The van der Waals surface area contributed by atoms with E-state index in [2.05, 4.69) is 10.0 Å². The number of benzene rings is 2. The summed E-state index contributed by atoms with van der Waals surface area (Å²) in [6, 6.07) is 14.5. The summed E-state index contributed by atoms with van der Waals surface area (Å²) in [6.45, 7) is 0. The van der Waals surface area contributed by atoms with Crippen molar-refractivity contribution in [1.82, 2.24) is 0 Å². The van der Waals surface area contributed by atoms with E-state index in [1.54, 1.807) is 24.3 Å². The molecule has 1 saturated carbocycles. The Morgan fingerprint density at radius 2 is 1.54 bits per heavy atom. The molecule has 3 rings (SSSR count). The molecule has 6 heteroatoms. The zero-order chi connectivity index (χ0) is 18.6. The van der Waals surface area contributed by atoms with Gasteiger partial charge in [-0.25, -0.2) is 8.42 Å². The number of anilines is 2. The summed E-state index contributed by atoms with van der Waals surface area (Å²) in [5, 5.41) is 2.78. The molecule has 1 amide bonds. The smallest absolute Gasteiger partial charge is 0.255 e. The lowest BCUT2D eigenvalue weighted by molar-refractivity contribution is 0.102. The standard InChI is InChI=1S/C20H24N2O3S/c1-26(24,25)22-19-10-6-5-9-18(19)21-20(23)17-13-11-16(12-14-17)15-7-3-2-4-8-15/h5-6,9-15,22H,2-4,7-8H2,1H3,(H,21,23). The van der Waals surface area contributed by atoms with Crippen LogP contribution < -0.4 is 10.0 Å². The first kappa shape index (κ1) is 18.5. The molecule has 26 heavy (non-hydrogen) atoms. The van der Waals surface area contributed by atoms with Crippen molar-refractivity contribution in [1.29, 1.82) is 0 Å². The van der Waals surface area contributed by atoms with Gasteiger partial charge in [-0.15, -0.1) is 0 Å². The summed E-state index contributed by atoms with van der Waals surface area (Å²) in [7, 11) is -3.42. The van der Waals surface area contributed by atoms with Crippen LogP contribution in [0.25, 0.3) is 0 Å². The van der Waals surface area contributed by atoms with Gasteiger partial charge >= 0.3 is 0 Å². The Kier molecular flexibility index (Phi) is 5.61. The van der Waals surface area contributed by atoms with Crippen molar-refractivity contribution in [3.63, 3.8) is 0 Å². The summed E-state index contributed by atoms with van der Waals surface area (Å²) >= 11 is 0. The van der Waals surface area contributed by atoms with Crippen molar-refractivity contribution in [2.45, 2.75) is 38.0 Å². The largest absolute Gasteiger partial charge is 0.320 e. The van der Waals surface area contributed by atoms with Crippen molar-refractivity contribution in [3.8, 4) is 0 Å². The number of sulfonamides is 1. The summed E-state index contributed by atoms with van der Waals surface area (Å²) < 4.78 is 25.4. The van der Waals surface area contributed by atoms with Crippen LogP contribution in [-0.2, 0) is 10.0 Å². The van der Waals surface area contributed by atoms with Crippen molar-refractivity contribution in [2.24, 2.45) is 0 Å². The molecule has 2 aromatic carbocycles. The van der Waals surface area contributed by atoms with Gasteiger partial charge in [-0.3, -0.25) is 9.52 Å². The predicted octanol–water partition coefficient (Wildman–Crippen LogP) is 4.36. The van der Waals surface area contributed by atoms with Gasteiger partial charge in [0.15, 0.2) is 0 Å². The summed E-state index contributed by atoms with van der Waals surface area (Å²) in [6.07, 6.45) is 7.38. The van der Waals surface area contributed by atoms with Gasteiger partial charge in [0.1, 0.15) is 0 Å². The Morgan fingerprint density at radius 3 is 2.15 bits per heavy atom. The zero-order valence-electron chi connectivity index (χ0n) is 14.9. The average Bonchev–Trinajstić information content (AvgIpc) is 2.63. The fourth-order valence-electron chi connectivity index (χ4n) is 3.42. The fourth-order valence-corrected chi connectivity index (χ4v) is 4.00. The number of carbonyl (C=O) groups is 1. The molecule has 138 valence electrons. The molecular weight excluding hydrogens is 348 g/mol. The lowest BCUT2D eigenvalue weighted by Crippen LogP contribution is -2.16. The Morgan fingerprint density at radius 1 is 0.923 bits per heavy atom. The molecule has 0 aliphatic heterocycles. The van der Waals surface area contributed by atoms with Crippen LogP contribution in [0.1, 0.15) is 53.9 Å². The number of para-hydroxylation sites is 2. The maximum Gasteiger partial charge on any atom is 0.255 e. The predicted molar refractivity (Wildman–Crippen MR) is 105 cm³/mol. The average molecular weight is 372 g/mol. The van der Waals surface area contributed by atoms with E-state index >= 15 is 0 Å². The number of hydrogen-bond donors (Lipinski definition) is 2. The Labute approximate surface area is 154 Å². The molecular formula is C20H24N2O3S. The van der Waals surface area contributed by atoms with E-state index in [0.717, 1.165) is 6.26 Å². The lowest BCUT2D eigenvalue weighted by atomic mass is 9.84. The van der Waals surface area contributed by atoms with E-state index in [1.807, 2.05) is 24.3 Å². The molecule has 1 aliphatic carbocycles. The molecule has 0 saturated heterocycles. The highest BCUT2D eigenvalue weighted by molar-refractivity contribution is 7.92. The summed E-state index contributed by atoms with van der Waals surface area (Å²) in [5.41, 5.74) is 2.63. The van der Waals surface area contributed by atoms with Crippen molar-refractivity contribution in [3.05, 3.63) is 59.7 Å². The van der Waals surface area contributed by atoms with Gasteiger partial charge in [0.2, 0.25) is 10.0 Å². The van der Waals surface area contributed by atoms with Crippen LogP contribution in [-0.4, -0.2) is 20.6 Å². The molecule has 1 aliphatic rings. The van der Waals surface area contributed by atoms with Gasteiger partial charge in [-0.05, 0) is 48.6 Å². The van der Waals surface area contributed by atoms with Gasteiger partial charge in [0.25, 0.3) is 5.91 Å². The van der Waals surface area contributed by atoms with E-state index < -0.39 is 10.0 Å². The van der Waals surface area contributed by atoms with Crippen LogP contribution in [0.5, 0.6) is 0 Å². The Hall–Kier alpha value is -2.34. The van der Waals surface area contributed by atoms with Crippen molar-refractivity contribution in [2.75, 3.05) is 16.3 Å². The van der Waals surface area contributed by atoms with Gasteiger partial charge in [-0.1, -0.05) is 43.5 Å². The maximum atomic E-state index is 12.5. The minimum absolute atomic E-state index is 0.261. The molecule has 5 nitrogen and oxygen atoms in total. The van der Waals surface area contributed by atoms with Crippen LogP contribution in [0.2, 0.25) is 0 Å². The molecule has 0 bridgehead atoms. The quantitative estimate of drug-likeness (QED) is 0.819. The van der Waals surface area contributed by atoms with Crippen LogP contribution in [0.15, 0.2) is 48.5 Å². The minimum Gasteiger partial charge on any atom is -0.320 e. The van der Waals surface area contributed by atoms with Gasteiger partial charge in [0.05, 0.1) is 17.6 Å².